The third-order valence-corrected chi connectivity index (χ3v) is 4.74. The maximum atomic E-state index is 12.8. The van der Waals surface area contributed by atoms with Gasteiger partial charge in [0, 0.05) is 18.4 Å². The quantitative estimate of drug-likeness (QED) is 0.773. The van der Waals surface area contributed by atoms with Crippen LogP contribution in [0.3, 0.4) is 0 Å². The second-order valence-corrected chi connectivity index (χ2v) is 6.47. The van der Waals surface area contributed by atoms with Crippen molar-refractivity contribution in [3.63, 3.8) is 0 Å². The summed E-state index contributed by atoms with van der Waals surface area (Å²) in [6.07, 6.45) is 2.75. The molecule has 0 fully saturated rings. The van der Waals surface area contributed by atoms with E-state index in [0.29, 0.717) is 6.54 Å². The van der Waals surface area contributed by atoms with Crippen LogP contribution in [-0.4, -0.2) is 24.0 Å². The molecule has 1 aliphatic heterocycles. The minimum Gasteiger partial charge on any atom is -0.362 e. The number of aromatic nitrogens is 1. The van der Waals surface area contributed by atoms with Crippen molar-refractivity contribution in [1.82, 2.24) is 10.3 Å². The molecule has 3 aromatic rings. The van der Waals surface area contributed by atoms with E-state index >= 15 is 0 Å². The molecule has 1 N–H and O–H groups in total. The number of nitrogens with one attached hydrogen (secondary N) is 1. The molecule has 1 aliphatic rings. The van der Waals surface area contributed by atoms with Crippen LogP contribution in [0.15, 0.2) is 79.0 Å². The number of benzene rings is 2. The zero-order chi connectivity index (χ0) is 17.8. The van der Waals surface area contributed by atoms with Crippen LogP contribution < -0.4 is 10.2 Å². The summed E-state index contributed by atoms with van der Waals surface area (Å²) in [6, 6.07) is 23.8. The van der Waals surface area contributed by atoms with Gasteiger partial charge in [0.15, 0.2) is 0 Å². The summed E-state index contributed by atoms with van der Waals surface area (Å²) in [5, 5.41) is 3.16. The highest BCUT2D eigenvalue weighted by atomic mass is 16.2. The molecule has 2 aromatic carbocycles. The summed E-state index contributed by atoms with van der Waals surface area (Å²) in [5.74, 6) is 0.00112. The van der Waals surface area contributed by atoms with Crippen LogP contribution in [0.25, 0.3) is 0 Å². The molecule has 26 heavy (non-hydrogen) atoms. The minimum absolute atomic E-state index is 0.00112. The topological polar surface area (TPSA) is 45.2 Å². The number of rotatable bonds is 5. The maximum Gasteiger partial charge on any atom is 0.240 e. The fourth-order valence-corrected chi connectivity index (χ4v) is 3.47. The van der Waals surface area contributed by atoms with Gasteiger partial charge in [-0.3, -0.25) is 9.78 Å². The highest BCUT2D eigenvalue weighted by molar-refractivity contribution is 5.83. The van der Waals surface area contributed by atoms with E-state index < -0.39 is 0 Å². The van der Waals surface area contributed by atoms with E-state index in [9.17, 15) is 4.79 Å². The third kappa shape index (κ3) is 3.45. The molecule has 1 amide bonds. The first-order chi connectivity index (χ1) is 12.8. The second-order valence-electron chi connectivity index (χ2n) is 6.47. The highest BCUT2D eigenvalue weighted by Crippen LogP contribution is 2.27. The zero-order valence-electron chi connectivity index (χ0n) is 14.5. The van der Waals surface area contributed by atoms with Gasteiger partial charge in [-0.05, 0) is 35.7 Å². The maximum absolute atomic E-state index is 12.8. The molecule has 0 aliphatic carbocycles. The zero-order valence-corrected chi connectivity index (χ0v) is 14.5. The van der Waals surface area contributed by atoms with Crippen molar-refractivity contribution in [1.29, 1.82) is 0 Å². The fourth-order valence-electron chi connectivity index (χ4n) is 3.47. The first-order valence-corrected chi connectivity index (χ1v) is 8.89. The van der Waals surface area contributed by atoms with Crippen molar-refractivity contribution in [2.75, 3.05) is 18.0 Å². The van der Waals surface area contributed by atoms with Crippen LogP contribution in [0.5, 0.6) is 0 Å². The van der Waals surface area contributed by atoms with Gasteiger partial charge in [-0.2, -0.15) is 0 Å². The Bertz CT molecular complexity index is 841. The molecular formula is C22H21N3O. The van der Waals surface area contributed by atoms with E-state index in [0.717, 1.165) is 29.9 Å². The van der Waals surface area contributed by atoms with Crippen molar-refractivity contribution >= 4 is 11.6 Å². The molecule has 4 nitrogen and oxygen atoms in total. The Morgan fingerprint density at radius 2 is 1.77 bits per heavy atom. The molecule has 2 heterocycles. The van der Waals surface area contributed by atoms with Gasteiger partial charge in [0.1, 0.15) is 0 Å². The Kier molecular flexibility index (Phi) is 4.65. The highest BCUT2D eigenvalue weighted by Gasteiger charge is 2.23. The number of hydrogen-bond acceptors (Lipinski definition) is 3. The normalized spacial score (nSPS) is 13.9. The molecular weight excluding hydrogens is 322 g/mol. The molecule has 0 bridgehead atoms. The fraction of sp³-hybridized carbons (Fsp3) is 0.182. The molecule has 4 rings (SSSR count). The summed E-state index contributed by atoms with van der Waals surface area (Å²) >= 11 is 0. The lowest BCUT2D eigenvalue weighted by atomic mass is 10.0. The molecule has 1 aromatic heterocycles. The lowest BCUT2D eigenvalue weighted by Crippen LogP contribution is -2.38. The Morgan fingerprint density at radius 3 is 2.58 bits per heavy atom. The van der Waals surface area contributed by atoms with Gasteiger partial charge >= 0.3 is 0 Å². The summed E-state index contributed by atoms with van der Waals surface area (Å²) in [4.78, 5) is 19.4. The number of nitrogens with zero attached hydrogens (tertiary/aromatic N) is 2. The van der Waals surface area contributed by atoms with Crippen LogP contribution in [0.4, 0.5) is 5.69 Å². The lowest BCUT2D eigenvalue weighted by Gasteiger charge is -2.23. The predicted molar refractivity (Wildman–Crippen MR) is 103 cm³/mol. The smallest absolute Gasteiger partial charge is 0.240 e. The van der Waals surface area contributed by atoms with Crippen molar-refractivity contribution in [2.45, 2.75) is 12.5 Å². The van der Waals surface area contributed by atoms with E-state index in [1.807, 2.05) is 54.6 Å². The summed E-state index contributed by atoms with van der Waals surface area (Å²) in [7, 11) is 0. The van der Waals surface area contributed by atoms with Crippen LogP contribution in [-0.2, 0) is 11.2 Å². The number of carbonyl (C=O) groups excluding carboxylic acids is 1. The summed E-state index contributed by atoms with van der Waals surface area (Å²) < 4.78 is 0. The van der Waals surface area contributed by atoms with Gasteiger partial charge in [0.05, 0.1) is 18.3 Å². The van der Waals surface area contributed by atoms with Crippen molar-refractivity contribution in [3.05, 3.63) is 95.8 Å². The first kappa shape index (κ1) is 16.3. The van der Waals surface area contributed by atoms with Gasteiger partial charge in [0.2, 0.25) is 5.91 Å². The molecule has 0 spiro atoms. The Balaban J connectivity index is 1.52. The number of fused-ring (bicyclic) bond motifs is 1. The summed E-state index contributed by atoms with van der Waals surface area (Å²) in [6.45, 7) is 1.24. The Morgan fingerprint density at radius 1 is 1.00 bits per heavy atom. The number of pyridine rings is 1. The SMILES string of the molecule is O=C(CN1CCc2ccccc21)NC(c1ccccc1)c1ccccn1. The van der Waals surface area contributed by atoms with Crippen LogP contribution in [0.1, 0.15) is 22.9 Å². The Labute approximate surface area is 153 Å². The monoisotopic (exact) mass is 343 g/mol. The van der Waals surface area contributed by atoms with Crippen molar-refractivity contribution in [3.8, 4) is 0 Å². The van der Waals surface area contributed by atoms with Gasteiger partial charge in [-0.25, -0.2) is 0 Å². The van der Waals surface area contributed by atoms with Crippen LogP contribution in [0, 0.1) is 0 Å². The molecule has 1 atom stereocenters. The number of para-hydroxylation sites is 1. The number of hydrogen-bond donors (Lipinski definition) is 1. The van der Waals surface area contributed by atoms with Gasteiger partial charge in [-0.15, -0.1) is 0 Å². The van der Waals surface area contributed by atoms with E-state index in [1.54, 1.807) is 6.20 Å². The number of amides is 1. The van der Waals surface area contributed by atoms with Gasteiger partial charge in [-0.1, -0.05) is 54.6 Å². The van der Waals surface area contributed by atoms with E-state index in [4.69, 9.17) is 0 Å². The van der Waals surface area contributed by atoms with Gasteiger partial charge in [0.25, 0.3) is 0 Å². The van der Waals surface area contributed by atoms with Crippen LogP contribution in [0.2, 0.25) is 0 Å². The predicted octanol–water partition coefficient (Wildman–Crippen LogP) is 3.35. The molecule has 1 unspecified atom stereocenters. The molecule has 0 saturated heterocycles. The van der Waals surface area contributed by atoms with E-state index in [1.165, 1.54) is 5.56 Å². The summed E-state index contributed by atoms with van der Waals surface area (Å²) in [5.41, 5.74) is 4.34. The minimum atomic E-state index is -0.247. The number of anilines is 1. The largest absolute Gasteiger partial charge is 0.362 e. The third-order valence-electron chi connectivity index (χ3n) is 4.74. The molecule has 4 heteroatoms. The van der Waals surface area contributed by atoms with Crippen molar-refractivity contribution in [2.24, 2.45) is 0 Å². The molecule has 0 radical (unpaired) electrons. The first-order valence-electron chi connectivity index (χ1n) is 8.89. The average Bonchev–Trinajstić information content (AvgIpc) is 3.10. The number of carbonyl (C=O) groups is 1. The lowest BCUT2D eigenvalue weighted by molar-refractivity contribution is -0.120. The second kappa shape index (κ2) is 7.40. The van der Waals surface area contributed by atoms with Crippen LogP contribution >= 0.6 is 0 Å². The van der Waals surface area contributed by atoms with E-state index in [-0.39, 0.29) is 11.9 Å². The molecule has 0 saturated carbocycles. The van der Waals surface area contributed by atoms with Gasteiger partial charge < -0.3 is 10.2 Å². The average molecular weight is 343 g/mol. The molecule has 130 valence electrons. The Hall–Kier alpha value is -3.14. The van der Waals surface area contributed by atoms with Crippen molar-refractivity contribution < 1.29 is 4.79 Å². The van der Waals surface area contributed by atoms with E-state index in [2.05, 4.69) is 33.4 Å². The standard InChI is InChI=1S/C22H21N3O/c26-21(16-25-15-13-17-8-4-5-12-20(17)25)24-22(18-9-2-1-3-10-18)19-11-6-7-14-23-19/h1-12,14,22H,13,15-16H2,(H,24,26).